The number of methoxy groups -OCH3 is 1. The molecule has 0 aliphatic carbocycles. The van der Waals surface area contributed by atoms with Crippen LogP contribution < -0.4 is 11.1 Å². The van der Waals surface area contributed by atoms with Crippen LogP contribution in [0.15, 0.2) is 0 Å². The number of amides is 1. The van der Waals surface area contributed by atoms with Gasteiger partial charge < -0.3 is 20.5 Å². The highest BCUT2D eigenvalue weighted by Gasteiger charge is 2.20. The zero-order valence-corrected chi connectivity index (χ0v) is 11.3. The van der Waals surface area contributed by atoms with Gasteiger partial charge in [-0.2, -0.15) is 0 Å². The lowest BCUT2D eigenvalue weighted by molar-refractivity contribution is -0.122. The zero-order chi connectivity index (χ0) is 13.1. The molecule has 0 aliphatic rings. The van der Waals surface area contributed by atoms with E-state index in [0.717, 1.165) is 12.8 Å². The molecule has 0 heterocycles. The summed E-state index contributed by atoms with van der Waals surface area (Å²) >= 11 is 0. The molecule has 0 aromatic heterocycles. The molecule has 5 nitrogen and oxygen atoms in total. The van der Waals surface area contributed by atoms with Crippen LogP contribution in [0, 0.1) is 0 Å². The normalized spacial score (nSPS) is 11.5. The van der Waals surface area contributed by atoms with E-state index >= 15 is 0 Å². The number of rotatable bonds is 10. The van der Waals surface area contributed by atoms with Crippen molar-refractivity contribution in [3.8, 4) is 0 Å². The van der Waals surface area contributed by atoms with Crippen LogP contribution in [0.2, 0.25) is 0 Å². The van der Waals surface area contributed by atoms with Gasteiger partial charge in [-0.1, -0.05) is 13.8 Å². The van der Waals surface area contributed by atoms with Crippen LogP contribution in [-0.2, 0) is 14.3 Å². The maximum absolute atomic E-state index is 11.5. The molecule has 0 aliphatic heterocycles. The number of nitrogens with two attached hydrogens (primary N) is 1. The predicted molar refractivity (Wildman–Crippen MR) is 67.8 cm³/mol. The summed E-state index contributed by atoms with van der Waals surface area (Å²) in [6.07, 6.45) is 2.08. The van der Waals surface area contributed by atoms with Crippen LogP contribution >= 0.6 is 0 Å². The second kappa shape index (κ2) is 9.39. The molecule has 17 heavy (non-hydrogen) atoms. The highest BCUT2D eigenvalue weighted by atomic mass is 16.5. The third-order valence-corrected chi connectivity index (χ3v) is 2.95. The van der Waals surface area contributed by atoms with Crippen molar-refractivity contribution < 1.29 is 14.3 Å². The molecule has 3 N–H and O–H groups in total. The Bertz CT molecular complexity index is 206. The van der Waals surface area contributed by atoms with Crippen molar-refractivity contribution in [1.29, 1.82) is 0 Å². The smallest absolute Gasteiger partial charge is 0.222 e. The lowest BCUT2D eigenvalue weighted by atomic mass is 9.94. The monoisotopic (exact) mass is 246 g/mol. The van der Waals surface area contributed by atoms with Gasteiger partial charge in [0.15, 0.2) is 0 Å². The van der Waals surface area contributed by atoms with E-state index in [1.165, 1.54) is 0 Å². The summed E-state index contributed by atoms with van der Waals surface area (Å²) in [6.45, 7) is 6.09. The summed E-state index contributed by atoms with van der Waals surface area (Å²) in [5.74, 6) is -0.0147. The highest BCUT2D eigenvalue weighted by molar-refractivity contribution is 5.76. The Morgan fingerprint density at radius 2 is 1.88 bits per heavy atom. The fourth-order valence-corrected chi connectivity index (χ4v) is 1.27. The molecule has 1 amide bonds. The fraction of sp³-hybridized carbons (Fsp3) is 0.917. The summed E-state index contributed by atoms with van der Waals surface area (Å²) in [5.41, 5.74) is 5.79. The van der Waals surface area contributed by atoms with Crippen molar-refractivity contribution in [3.05, 3.63) is 0 Å². The van der Waals surface area contributed by atoms with Crippen molar-refractivity contribution >= 4 is 5.91 Å². The average molecular weight is 246 g/mol. The van der Waals surface area contributed by atoms with Gasteiger partial charge in [-0.05, 0) is 12.8 Å². The van der Waals surface area contributed by atoms with Crippen LogP contribution in [-0.4, -0.2) is 44.9 Å². The van der Waals surface area contributed by atoms with E-state index in [2.05, 4.69) is 5.32 Å². The van der Waals surface area contributed by atoms with Crippen LogP contribution in [0.3, 0.4) is 0 Å². The Balaban J connectivity index is 3.59. The number of carbonyl (C=O) groups is 1. The van der Waals surface area contributed by atoms with E-state index in [1.54, 1.807) is 7.11 Å². The quantitative estimate of drug-likeness (QED) is 0.556. The van der Waals surface area contributed by atoms with E-state index in [4.69, 9.17) is 15.2 Å². The van der Waals surface area contributed by atoms with Crippen molar-refractivity contribution in [2.45, 2.75) is 38.6 Å². The van der Waals surface area contributed by atoms with Gasteiger partial charge in [0.2, 0.25) is 5.91 Å². The van der Waals surface area contributed by atoms with Crippen LogP contribution in [0.5, 0.6) is 0 Å². The molecule has 0 bridgehead atoms. The van der Waals surface area contributed by atoms with E-state index in [-0.39, 0.29) is 11.4 Å². The third kappa shape index (κ3) is 8.12. The predicted octanol–water partition coefficient (Wildman–Crippen LogP) is 0.673. The van der Waals surface area contributed by atoms with Crippen molar-refractivity contribution in [2.75, 3.05) is 33.5 Å². The first-order valence-corrected chi connectivity index (χ1v) is 6.20. The van der Waals surface area contributed by atoms with Gasteiger partial charge >= 0.3 is 0 Å². The summed E-state index contributed by atoms with van der Waals surface area (Å²) in [6, 6.07) is 0. The van der Waals surface area contributed by atoms with Gasteiger partial charge in [0.1, 0.15) is 0 Å². The molecule has 102 valence electrons. The van der Waals surface area contributed by atoms with Gasteiger partial charge in [0, 0.05) is 25.6 Å². The third-order valence-electron chi connectivity index (χ3n) is 2.95. The van der Waals surface area contributed by atoms with Crippen LogP contribution in [0.1, 0.15) is 33.1 Å². The number of carbonyl (C=O) groups excluding carboxylic acids is 1. The van der Waals surface area contributed by atoms with Gasteiger partial charge in [-0.3, -0.25) is 4.79 Å². The molecule has 0 saturated heterocycles. The van der Waals surface area contributed by atoms with Gasteiger partial charge in [-0.15, -0.1) is 0 Å². The van der Waals surface area contributed by atoms with E-state index in [0.29, 0.717) is 32.8 Å². The first-order chi connectivity index (χ1) is 8.08. The number of hydrogen-bond donors (Lipinski definition) is 2. The molecule has 0 atom stereocenters. The Morgan fingerprint density at radius 1 is 1.24 bits per heavy atom. The Labute approximate surface area is 104 Å². The zero-order valence-electron chi connectivity index (χ0n) is 11.3. The largest absolute Gasteiger partial charge is 0.382 e. The van der Waals surface area contributed by atoms with Crippen LogP contribution in [0.25, 0.3) is 0 Å². The minimum absolute atomic E-state index is 0.0147. The average Bonchev–Trinajstić information content (AvgIpc) is 2.35. The fourth-order valence-electron chi connectivity index (χ4n) is 1.27. The molecular weight excluding hydrogens is 220 g/mol. The summed E-state index contributed by atoms with van der Waals surface area (Å²) < 4.78 is 10.0. The molecule has 0 saturated carbocycles. The number of nitrogens with one attached hydrogen (secondary N) is 1. The Morgan fingerprint density at radius 3 is 2.41 bits per heavy atom. The first-order valence-electron chi connectivity index (χ1n) is 6.20. The summed E-state index contributed by atoms with van der Waals surface area (Å²) in [5, 5.41) is 2.84. The topological polar surface area (TPSA) is 73.6 Å². The first kappa shape index (κ1) is 16.4. The summed E-state index contributed by atoms with van der Waals surface area (Å²) in [4.78, 5) is 11.5. The molecule has 0 fully saturated rings. The number of hydrogen-bond acceptors (Lipinski definition) is 4. The van der Waals surface area contributed by atoms with Gasteiger partial charge in [-0.25, -0.2) is 0 Å². The minimum atomic E-state index is -0.285. The van der Waals surface area contributed by atoms with E-state index in [1.807, 2.05) is 13.8 Å². The molecular formula is C12H26N2O3. The SMILES string of the molecule is CCC(N)(CC)CNC(=O)CCOCCOC. The molecule has 5 heteroatoms. The molecule has 0 unspecified atom stereocenters. The minimum Gasteiger partial charge on any atom is -0.382 e. The van der Waals surface area contributed by atoms with Crippen molar-refractivity contribution in [3.63, 3.8) is 0 Å². The maximum Gasteiger partial charge on any atom is 0.222 e. The number of ether oxygens (including phenoxy) is 2. The van der Waals surface area contributed by atoms with Crippen LogP contribution in [0.4, 0.5) is 0 Å². The van der Waals surface area contributed by atoms with Crippen molar-refractivity contribution in [2.24, 2.45) is 5.73 Å². The molecule has 0 spiro atoms. The van der Waals surface area contributed by atoms with E-state index in [9.17, 15) is 4.79 Å². The van der Waals surface area contributed by atoms with E-state index < -0.39 is 0 Å². The standard InChI is InChI=1S/C12H26N2O3/c1-4-12(13,5-2)10-14-11(15)6-7-17-9-8-16-3/h4-10,13H2,1-3H3,(H,14,15). The van der Waals surface area contributed by atoms with Gasteiger partial charge in [0.05, 0.1) is 19.8 Å². The second-order valence-corrected chi connectivity index (χ2v) is 4.20. The lowest BCUT2D eigenvalue weighted by Crippen LogP contribution is -2.49. The van der Waals surface area contributed by atoms with Crippen molar-refractivity contribution in [1.82, 2.24) is 5.32 Å². The maximum atomic E-state index is 11.5. The van der Waals surface area contributed by atoms with Gasteiger partial charge in [0.25, 0.3) is 0 Å². The Kier molecular flexibility index (Phi) is 9.03. The summed E-state index contributed by atoms with van der Waals surface area (Å²) in [7, 11) is 1.62. The molecule has 0 radical (unpaired) electrons. The molecule has 0 aromatic rings. The lowest BCUT2D eigenvalue weighted by Gasteiger charge is -2.26. The Hall–Kier alpha value is -0.650. The molecule has 0 aromatic carbocycles. The second-order valence-electron chi connectivity index (χ2n) is 4.20. The highest BCUT2D eigenvalue weighted by Crippen LogP contribution is 2.09. The molecule has 0 rings (SSSR count).